The van der Waals surface area contributed by atoms with Crippen molar-refractivity contribution >= 4 is 17.5 Å². The summed E-state index contributed by atoms with van der Waals surface area (Å²) in [4.78, 5) is 14.7. The molecule has 0 saturated heterocycles. The Morgan fingerprint density at radius 3 is 2.84 bits per heavy atom. The van der Waals surface area contributed by atoms with Crippen molar-refractivity contribution in [1.82, 2.24) is 15.1 Å². The van der Waals surface area contributed by atoms with Gasteiger partial charge in [-0.15, -0.1) is 0 Å². The SMILES string of the molecule is CCCCCOc1cccc(C2c3c(-c4cc(Cl)ccc4O)n[nH]c3C(=O)N2CCO)c1. The third kappa shape index (κ3) is 4.18. The summed E-state index contributed by atoms with van der Waals surface area (Å²) in [5, 5.41) is 27.7. The van der Waals surface area contributed by atoms with Crippen LogP contribution in [0.1, 0.15) is 53.8 Å². The second kappa shape index (κ2) is 9.63. The van der Waals surface area contributed by atoms with Crippen LogP contribution in [-0.4, -0.2) is 51.0 Å². The van der Waals surface area contributed by atoms with Gasteiger partial charge >= 0.3 is 0 Å². The van der Waals surface area contributed by atoms with Crippen LogP contribution in [0.5, 0.6) is 11.5 Å². The molecule has 0 aliphatic carbocycles. The molecule has 1 aliphatic rings. The summed E-state index contributed by atoms with van der Waals surface area (Å²) < 4.78 is 5.92. The number of nitrogens with one attached hydrogen (secondary N) is 1. The molecule has 8 heteroatoms. The molecule has 0 bridgehead atoms. The first-order valence-electron chi connectivity index (χ1n) is 10.8. The normalized spacial score (nSPS) is 15.3. The van der Waals surface area contributed by atoms with Crippen LogP contribution in [0.25, 0.3) is 11.3 Å². The molecule has 0 fully saturated rings. The molecule has 1 unspecified atom stereocenters. The van der Waals surface area contributed by atoms with Crippen LogP contribution in [0, 0.1) is 0 Å². The Morgan fingerprint density at radius 1 is 1.22 bits per heavy atom. The topological polar surface area (TPSA) is 98.7 Å². The predicted molar refractivity (Wildman–Crippen MR) is 122 cm³/mol. The molecule has 0 radical (unpaired) electrons. The van der Waals surface area contributed by atoms with E-state index in [1.165, 1.54) is 6.07 Å². The largest absolute Gasteiger partial charge is 0.507 e. The molecule has 3 aromatic rings. The van der Waals surface area contributed by atoms with Crippen LogP contribution in [0.3, 0.4) is 0 Å². The second-order valence-electron chi connectivity index (χ2n) is 7.78. The van der Waals surface area contributed by atoms with Crippen molar-refractivity contribution in [2.24, 2.45) is 0 Å². The molecule has 1 aromatic heterocycles. The van der Waals surface area contributed by atoms with Gasteiger partial charge in [0.2, 0.25) is 0 Å². The number of benzene rings is 2. The van der Waals surface area contributed by atoms with E-state index in [1.807, 2.05) is 24.3 Å². The molecule has 3 N–H and O–H groups in total. The minimum atomic E-state index is -0.490. The van der Waals surface area contributed by atoms with Crippen LogP contribution in [-0.2, 0) is 0 Å². The van der Waals surface area contributed by atoms with E-state index in [0.717, 1.165) is 30.6 Å². The maximum Gasteiger partial charge on any atom is 0.273 e. The summed E-state index contributed by atoms with van der Waals surface area (Å²) in [5.74, 6) is 0.483. The monoisotopic (exact) mass is 455 g/mol. The Morgan fingerprint density at radius 2 is 2.06 bits per heavy atom. The lowest BCUT2D eigenvalue weighted by molar-refractivity contribution is 0.0706. The smallest absolute Gasteiger partial charge is 0.273 e. The average molecular weight is 456 g/mol. The zero-order valence-electron chi connectivity index (χ0n) is 17.8. The molecule has 0 saturated carbocycles. The van der Waals surface area contributed by atoms with Gasteiger partial charge in [0.05, 0.1) is 19.3 Å². The standard InChI is InChI=1S/C24H26ClN3O4/c1-2-3-4-12-32-17-7-5-6-15(13-17)23-20-21(18-14-16(25)8-9-19(18)30)26-27-22(20)24(31)28(23)10-11-29/h5-9,13-14,23,29-30H,2-4,10-12H2,1H3,(H,26,27). The number of carbonyl (C=O) groups excluding carboxylic acids is 1. The maximum atomic E-state index is 13.1. The number of unbranched alkanes of at least 4 members (excludes halogenated alkanes) is 2. The number of rotatable bonds is 9. The van der Waals surface area contributed by atoms with Crippen LogP contribution in [0.4, 0.5) is 0 Å². The summed E-state index contributed by atoms with van der Waals surface area (Å²) in [5.41, 5.74) is 2.71. The third-order valence-electron chi connectivity index (χ3n) is 5.61. The Hall–Kier alpha value is -3.03. The fourth-order valence-electron chi connectivity index (χ4n) is 4.10. The number of aromatic hydroxyl groups is 1. The summed E-state index contributed by atoms with van der Waals surface area (Å²) in [7, 11) is 0. The Bertz CT molecular complexity index is 1110. The van der Waals surface area contributed by atoms with Crippen molar-refractivity contribution in [2.45, 2.75) is 32.2 Å². The van der Waals surface area contributed by atoms with E-state index in [1.54, 1.807) is 17.0 Å². The fraction of sp³-hybridized carbons (Fsp3) is 0.333. The van der Waals surface area contributed by atoms with Crippen LogP contribution >= 0.6 is 11.6 Å². The summed E-state index contributed by atoms with van der Waals surface area (Å²) in [6.07, 6.45) is 3.20. The Labute approximate surface area is 191 Å². The quantitative estimate of drug-likeness (QED) is 0.411. The van der Waals surface area contributed by atoms with E-state index in [2.05, 4.69) is 17.1 Å². The lowest BCUT2D eigenvalue weighted by Gasteiger charge is -2.26. The highest BCUT2D eigenvalue weighted by Crippen LogP contribution is 2.45. The number of aliphatic hydroxyl groups excluding tert-OH is 1. The number of phenolic OH excluding ortho intramolecular Hbond substituents is 1. The van der Waals surface area contributed by atoms with Gasteiger partial charge in [-0.1, -0.05) is 43.5 Å². The highest BCUT2D eigenvalue weighted by atomic mass is 35.5. The molecule has 2 aromatic carbocycles. The van der Waals surface area contributed by atoms with Crippen molar-refractivity contribution in [3.8, 4) is 22.8 Å². The van der Waals surface area contributed by atoms with Crippen molar-refractivity contribution in [3.63, 3.8) is 0 Å². The highest BCUT2D eigenvalue weighted by molar-refractivity contribution is 6.31. The zero-order chi connectivity index (χ0) is 22.7. The van der Waals surface area contributed by atoms with Crippen LogP contribution in [0.2, 0.25) is 5.02 Å². The van der Waals surface area contributed by atoms with Crippen molar-refractivity contribution in [2.75, 3.05) is 19.8 Å². The first-order chi connectivity index (χ1) is 15.5. The van der Waals surface area contributed by atoms with E-state index in [-0.39, 0.29) is 24.8 Å². The first kappa shape index (κ1) is 22.2. The molecule has 0 spiro atoms. The van der Waals surface area contributed by atoms with Crippen LogP contribution < -0.4 is 4.74 Å². The van der Waals surface area contributed by atoms with Gasteiger partial charge in [-0.3, -0.25) is 9.89 Å². The number of amides is 1. The van der Waals surface area contributed by atoms with Gasteiger partial charge in [-0.25, -0.2) is 0 Å². The number of carbonyl (C=O) groups is 1. The number of hydrogen-bond donors (Lipinski definition) is 3. The molecular formula is C24H26ClN3O4. The van der Waals surface area contributed by atoms with Gasteiger partial charge in [-0.05, 0) is 42.3 Å². The van der Waals surface area contributed by atoms with Crippen LogP contribution in [0.15, 0.2) is 42.5 Å². The Balaban J connectivity index is 1.76. The predicted octanol–water partition coefficient (Wildman–Crippen LogP) is 4.54. The van der Waals surface area contributed by atoms with Gasteiger partial charge in [-0.2, -0.15) is 5.10 Å². The van der Waals surface area contributed by atoms with Crippen molar-refractivity contribution in [3.05, 3.63) is 64.3 Å². The number of hydrogen-bond acceptors (Lipinski definition) is 5. The first-order valence-corrected chi connectivity index (χ1v) is 11.1. The molecule has 32 heavy (non-hydrogen) atoms. The third-order valence-corrected chi connectivity index (χ3v) is 5.84. The number of phenols is 1. The van der Waals surface area contributed by atoms with Gasteiger partial charge in [0.1, 0.15) is 22.9 Å². The van der Waals surface area contributed by atoms with Gasteiger partial charge < -0.3 is 19.8 Å². The lowest BCUT2D eigenvalue weighted by Crippen LogP contribution is -2.32. The fourth-order valence-corrected chi connectivity index (χ4v) is 4.27. The second-order valence-corrected chi connectivity index (χ2v) is 8.21. The lowest BCUT2D eigenvalue weighted by atomic mass is 9.95. The highest BCUT2D eigenvalue weighted by Gasteiger charge is 2.42. The van der Waals surface area contributed by atoms with Crippen molar-refractivity contribution < 1.29 is 19.7 Å². The molecule has 4 rings (SSSR count). The van der Waals surface area contributed by atoms with E-state index >= 15 is 0 Å². The number of ether oxygens (including phenoxy) is 1. The average Bonchev–Trinajstić information content (AvgIpc) is 3.33. The minimum absolute atomic E-state index is 0.0171. The number of halogens is 1. The number of H-pyrrole nitrogens is 1. The van der Waals surface area contributed by atoms with Crippen molar-refractivity contribution in [1.29, 1.82) is 0 Å². The molecule has 2 heterocycles. The number of aliphatic hydroxyl groups is 1. The molecule has 1 atom stereocenters. The number of nitrogens with zero attached hydrogens (tertiary/aromatic N) is 2. The molecule has 1 amide bonds. The minimum Gasteiger partial charge on any atom is -0.507 e. The molecule has 7 nitrogen and oxygen atoms in total. The van der Waals surface area contributed by atoms with Gasteiger partial charge in [0, 0.05) is 22.7 Å². The molecular weight excluding hydrogens is 430 g/mol. The summed E-state index contributed by atoms with van der Waals surface area (Å²) in [6.45, 7) is 2.75. The van der Waals surface area contributed by atoms with E-state index in [4.69, 9.17) is 16.3 Å². The zero-order valence-corrected chi connectivity index (χ0v) is 18.6. The molecule has 1 aliphatic heterocycles. The molecule has 168 valence electrons. The summed E-state index contributed by atoms with van der Waals surface area (Å²) >= 11 is 6.16. The number of aromatic nitrogens is 2. The van der Waals surface area contributed by atoms with E-state index in [0.29, 0.717) is 34.1 Å². The maximum absolute atomic E-state index is 13.1. The number of β-amino-alcohol motifs (C(OH)–C–C–N with tert-alkyl or cyclic N) is 1. The van der Waals surface area contributed by atoms with E-state index in [9.17, 15) is 15.0 Å². The Kier molecular flexibility index (Phi) is 6.67. The summed E-state index contributed by atoms with van der Waals surface area (Å²) in [6, 6.07) is 11.8. The van der Waals surface area contributed by atoms with Gasteiger partial charge in [0.15, 0.2) is 0 Å². The van der Waals surface area contributed by atoms with Gasteiger partial charge in [0.25, 0.3) is 5.91 Å². The van der Waals surface area contributed by atoms with E-state index < -0.39 is 6.04 Å². The number of fused-ring (bicyclic) bond motifs is 1. The number of aromatic amines is 1.